The zero-order valence-electron chi connectivity index (χ0n) is 18.6. The third-order valence-corrected chi connectivity index (χ3v) is 4.62. The molecule has 0 aliphatic heterocycles. The molecule has 0 heterocycles. The number of aryl methyl sites for hydroxylation is 1. The molecule has 170 valence electrons. The number of anilines is 1. The smallest absolute Gasteiger partial charge is 0.343 e. The van der Waals surface area contributed by atoms with Gasteiger partial charge in [0.1, 0.15) is 0 Å². The van der Waals surface area contributed by atoms with Crippen molar-refractivity contribution in [2.24, 2.45) is 5.10 Å². The molecular weight excluding hydrogens is 414 g/mol. The van der Waals surface area contributed by atoms with Crippen LogP contribution in [0.3, 0.4) is 0 Å². The van der Waals surface area contributed by atoms with Crippen molar-refractivity contribution in [3.8, 4) is 11.5 Å². The predicted molar refractivity (Wildman–Crippen MR) is 120 cm³/mol. The van der Waals surface area contributed by atoms with E-state index < -0.39 is 5.97 Å². The largest absolute Gasteiger partial charge is 0.493 e. The SMILES string of the molecule is COC(=O)COc1ccc(C=NNC(=O)CCC(=O)Nc2cccc(C)c2C)cc1OC. The number of hydrazone groups is 1. The average molecular weight is 441 g/mol. The Morgan fingerprint density at radius 2 is 1.75 bits per heavy atom. The molecule has 2 amide bonds. The standard InChI is InChI=1S/C23H27N3O6/c1-15-6-5-7-18(16(15)2)25-21(27)10-11-22(28)26-24-13-17-8-9-19(20(12-17)30-3)32-14-23(29)31-4/h5-9,12-13H,10-11,14H2,1-4H3,(H,25,27)(H,26,28). The number of hydrogen-bond acceptors (Lipinski definition) is 7. The monoisotopic (exact) mass is 441 g/mol. The second-order valence-corrected chi connectivity index (χ2v) is 6.86. The van der Waals surface area contributed by atoms with Crippen molar-refractivity contribution in [1.29, 1.82) is 0 Å². The van der Waals surface area contributed by atoms with Gasteiger partial charge in [-0.3, -0.25) is 9.59 Å². The van der Waals surface area contributed by atoms with Crippen LogP contribution in [0.15, 0.2) is 41.5 Å². The number of methoxy groups -OCH3 is 2. The first-order chi connectivity index (χ1) is 15.3. The van der Waals surface area contributed by atoms with Crippen molar-refractivity contribution in [2.45, 2.75) is 26.7 Å². The molecular formula is C23H27N3O6. The lowest BCUT2D eigenvalue weighted by molar-refractivity contribution is -0.143. The van der Waals surface area contributed by atoms with Crippen molar-refractivity contribution in [1.82, 2.24) is 5.43 Å². The lowest BCUT2D eigenvalue weighted by Gasteiger charge is -2.10. The van der Waals surface area contributed by atoms with Gasteiger partial charge in [0.25, 0.3) is 0 Å². The Labute approximate surface area is 186 Å². The van der Waals surface area contributed by atoms with Crippen LogP contribution in [0.1, 0.15) is 29.5 Å². The Kier molecular flexibility index (Phi) is 9.22. The maximum atomic E-state index is 12.1. The molecule has 2 aromatic rings. The lowest BCUT2D eigenvalue weighted by atomic mass is 10.1. The zero-order valence-corrected chi connectivity index (χ0v) is 18.6. The summed E-state index contributed by atoms with van der Waals surface area (Å²) in [5.74, 6) is -0.378. The van der Waals surface area contributed by atoms with Crippen LogP contribution in [0.25, 0.3) is 0 Å². The van der Waals surface area contributed by atoms with Gasteiger partial charge < -0.3 is 19.5 Å². The third-order valence-electron chi connectivity index (χ3n) is 4.62. The number of ether oxygens (including phenoxy) is 3. The van der Waals surface area contributed by atoms with Gasteiger partial charge in [-0.1, -0.05) is 12.1 Å². The Morgan fingerprint density at radius 3 is 2.47 bits per heavy atom. The molecule has 0 unspecified atom stereocenters. The van der Waals surface area contributed by atoms with Gasteiger partial charge in [0.2, 0.25) is 11.8 Å². The molecule has 9 heteroatoms. The van der Waals surface area contributed by atoms with E-state index in [1.807, 2.05) is 32.0 Å². The highest BCUT2D eigenvalue weighted by Gasteiger charge is 2.10. The Balaban J connectivity index is 1.83. The number of esters is 1. The fourth-order valence-electron chi connectivity index (χ4n) is 2.64. The maximum Gasteiger partial charge on any atom is 0.343 e. The second kappa shape index (κ2) is 12.1. The summed E-state index contributed by atoms with van der Waals surface area (Å²) in [7, 11) is 2.74. The molecule has 0 radical (unpaired) electrons. The number of benzene rings is 2. The summed E-state index contributed by atoms with van der Waals surface area (Å²) >= 11 is 0. The summed E-state index contributed by atoms with van der Waals surface area (Å²) in [6.07, 6.45) is 1.47. The van der Waals surface area contributed by atoms with Gasteiger partial charge in [0.15, 0.2) is 18.1 Å². The molecule has 2 rings (SSSR count). The quantitative estimate of drug-likeness (QED) is 0.333. The average Bonchev–Trinajstić information content (AvgIpc) is 2.79. The minimum absolute atomic E-state index is 0.00232. The van der Waals surface area contributed by atoms with E-state index in [4.69, 9.17) is 9.47 Å². The zero-order chi connectivity index (χ0) is 23.5. The number of nitrogens with one attached hydrogen (secondary N) is 2. The van der Waals surface area contributed by atoms with Crippen molar-refractivity contribution in [3.63, 3.8) is 0 Å². The molecule has 2 aromatic carbocycles. The Bertz CT molecular complexity index is 1000. The van der Waals surface area contributed by atoms with E-state index in [9.17, 15) is 14.4 Å². The fourth-order valence-corrected chi connectivity index (χ4v) is 2.64. The van der Waals surface area contributed by atoms with E-state index in [0.29, 0.717) is 17.1 Å². The van der Waals surface area contributed by atoms with Crippen molar-refractivity contribution < 1.29 is 28.6 Å². The molecule has 0 saturated carbocycles. The van der Waals surface area contributed by atoms with Gasteiger partial charge in [-0.2, -0.15) is 5.10 Å². The molecule has 0 aromatic heterocycles. The van der Waals surface area contributed by atoms with E-state index in [-0.39, 0.29) is 31.3 Å². The first-order valence-corrected chi connectivity index (χ1v) is 9.89. The van der Waals surface area contributed by atoms with Crippen LogP contribution in [-0.4, -0.2) is 44.8 Å². The van der Waals surface area contributed by atoms with Gasteiger partial charge in [-0.15, -0.1) is 0 Å². The second-order valence-electron chi connectivity index (χ2n) is 6.86. The first-order valence-electron chi connectivity index (χ1n) is 9.89. The number of hydrogen-bond donors (Lipinski definition) is 2. The summed E-state index contributed by atoms with van der Waals surface area (Å²) in [6.45, 7) is 3.65. The highest BCUT2D eigenvalue weighted by molar-refractivity contribution is 5.94. The first kappa shape index (κ1) is 24.4. The van der Waals surface area contributed by atoms with Crippen molar-refractivity contribution in [2.75, 3.05) is 26.1 Å². The van der Waals surface area contributed by atoms with E-state index >= 15 is 0 Å². The van der Waals surface area contributed by atoms with Crippen molar-refractivity contribution in [3.05, 3.63) is 53.1 Å². The van der Waals surface area contributed by atoms with Gasteiger partial charge in [-0.05, 0) is 54.8 Å². The van der Waals surface area contributed by atoms with Crippen LogP contribution in [0, 0.1) is 13.8 Å². The molecule has 0 spiro atoms. The molecule has 0 aliphatic carbocycles. The Hall–Kier alpha value is -3.88. The number of rotatable bonds is 10. The summed E-state index contributed by atoms with van der Waals surface area (Å²) in [5, 5.41) is 6.71. The van der Waals surface area contributed by atoms with Crippen molar-refractivity contribution >= 4 is 29.7 Å². The Morgan fingerprint density at radius 1 is 1.00 bits per heavy atom. The molecule has 0 aliphatic rings. The van der Waals surface area contributed by atoms with Crippen LogP contribution >= 0.6 is 0 Å². The minimum atomic E-state index is -0.511. The third kappa shape index (κ3) is 7.42. The van der Waals surface area contributed by atoms with Crippen LogP contribution in [0.5, 0.6) is 11.5 Å². The van der Waals surface area contributed by atoms with Crippen LogP contribution < -0.4 is 20.2 Å². The summed E-state index contributed by atoms with van der Waals surface area (Å²) in [4.78, 5) is 35.3. The highest BCUT2D eigenvalue weighted by Crippen LogP contribution is 2.27. The van der Waals surface area contributed by atoms with E-state index in [1.54, 1.807) is 18.2 Å². The fraction of sp³-hybridized carbons (Fsp3) is 0.304. The molecule has 0 fully saturated rings. The van der Waals surface area contributed by atoms with Gasteiger partial charge in [-0.25, -0.2) is 10.2 Å². The molecule has 0 saturated heterocycles. The van der Waals surface area contributed by atoms with Gasteiger partial charge in [0.05, 0.1) is 20.4 Å². The predicted octanol–water partition coefficient (Wildman–Crippen LogP) is 2.73. The van der Waals surface area contributed by atoms with Gasteiger partial charge in [0, 0.05) is 18.5 Å². The molecule has 2 N–H and O–H groups in total. The number of carbonyl (C=O) groups is 3. The summed E-state index contributed by atoms with van der Waals surface area (Å²) in [5.41, 5.74) is 5.84. The lowest BCUT2D eigenvalue weighted by Crippen LogP contribution is -2.21. The van der Waals surface area contributed by atoms with E-state index in [2.05, 4.69) is 20.6 Å². The topological polar surface area (TPSA) is 115 Å². The van der Waals surface area contributed by atoms with E-state index in [1.165, 1.54) is 20.4 Å². The maximum absolute atomic E-state index is 12.1. The normalized spacial score (nSPS) is 10.5. The summed E-state index contributed by atoms with van der Waals surface area (Å²) < 4.78 is 15.1. The molecule has 0 bridgehead atoms. The highest BCUT2D eigenvalue weighted by atomic mass is 16.6. The summed E-state index contributed by atoms with van der Waals surface area (Å²) in [6, 6.07) is 10.6. The van der Waals surface area contributed by atoms with Crippen LogP contribution in [0.4, 0.5) is 5.69 Å². The van der Waals surface area contributed by atoms with Crippen LogP contribution in [-0.2, 0) is 19.1 Å². The molecule has 32 heavy (non-hydrogen) atoms. The number of amides is 2. The minimum Gasteiger partial charge on any atom is -0.493 e. The van der Waals surface area contributed by atoms with E-state index in [0.717, 1.165) is 16.8 Å². The molecule has 0 atom stereocenters. The number of nitrogens with zero attached hydrogens (tertiary/aromatic N) is 1. The van der Waals surface area contributed by atoms with Gasteiger partial charge >= 0.3 is 5.97 Å². The molecule has 9 nitrogen and oxygen atoms in total. The number of carbonyl (C=O) groups excluding carboxylic acids is 3. The van der Waals surface area contributed by atoms with Crippen LogP contribution in [0.2, 0.25) is 0 Å².